The van der Waals surface area contributed by atoms with Gasteiger partial charge in [0.15, 0.2) is 5.96 Å². The van der Waals surface area contributed by atoms with Crippen molar-refractivity contribution in [2.45, 2.75) is 39.4 Å². The molecule has 2 aromatic rings. The highest BCUT2D eigenvalue weighted by Gasteiger charge is 2.23. The van der Waals surface area contributed by atoms with Crippen LogP contribution in [-0.2, 0) is 31.5 Å². The van der Waals surface area contributed by atoms with E-state index in [1.54, 1.807) is 0 Å². The minimum atomic E-state index is -0.178. The monoisotopic (exact) mass is 424 g/mol. The SMILES string of the molecule is CCNC(=NCc1cccc(CN2CCCC(C(N)=O)C2)c1)N(C)Cc1cccn1C. The number of aryl methyl sites for hydroxylation is 1. The highest BCUT2D eigenvalue weighted by atomic mass is 16.1. The van der Waals surface area contributed by atoms with Crippen molar-refractivity contribution in [3.05, 3.63) is 59.4 Å². The van der Waals surface area contributed by atoms with Gasteiger partial charge in [-0.05, 0) is 49.6 Å². The number of nitrogens with zero attached hydrogens (tertiary/aromatic N) is 4. The number of primary amides is 1. The van der Waals surface area contributed by atoms with Crippen LogP contribution in [0.25, 0.3) is 0 Å². The minimum absolute atomic E-state index is 0.0241. The van der Waals surface area contributed by atoms with Crippen molar-refractivity contribution in [3.8, 4) is 0 Å². The summed E-state index contributed by atoms with van der Waals surface area (Å²) in [5.74, 6) is 0.696. The molecule has 1 fully saturated rings. The molecule has 0 aliphatic carbocycles. The Bertz CT molecular complexity index is 890. The lowest BCUT2D eigenvalue weighted by Gasteiger charge is -2.31. The minimum Gasteiger partial charge on any atom is -0.369 e. The maximum atomic E-state index is 11.6. The number of rotatable bonds is 8. The highest BCUT2D eigenvalue weighted by molar-refractivity contribution is 5.79. The number of aliphatic imine (C=N–C) groups is 1. The number of carbonyl (C=O) groups is 1. The van der Waals surface area contributed by atoms with E-state index in [2.05, 4.69) is 83.3 Å². The Morgan fingerprint density at radius 3 is 2.81 bits per heavy atom. The molecule has 1 aromatic heterocycles. The second-order valence-electron chi connectivity index (χ2n) is 8.43. The van der Waals surface area contributed by atoms with Crippen molar-refractivity contribution in [1.82, 2.24) is 19.7 Å². The molecule has 1 saturated heterocycles. The van der Waals surface area contributed by atoms with Crippen LogP contribution in [0.1, 0.15) is 36.6 Å². The molecule has 168 valence electrons. The van der Waals surface area contributed by atoms with Gasteiger partial charge in [-0.2, -0.15) is 0 Å². The third-order valence-corrected chi connectivity index (χ3v) is 5.86. The van der Waals surface area contributed by atoms with Gasteiger partial charge in [0.05, 0.1) is 19.0 Å². The average Bonchev–Trinajstić information content (AvgIpc) is 3.15. The molecule has 1 aromatic carbocycles. The van der Waals surface area contributed by atoms with E-state index in [-0.39, 0.29) is 11.8 Å². The van der Waals surface area contributed by atoms with Crippen molar-refractivity contribution in [3.63, 3.8) is 0 Å². The fourth-order valence-corrected chi connectivity index (χ4v) is 4.13. The van der Waals surface area contributed by atoms with Gasteiger partial charge in [-0.3, -0.25) is 9.69 Å². The Morgan fingerprint density at radius 1 is 1.29 bits per heavy atom. The molecule has 7 nitrogen and oxygen atoms in total. The van der Waals surface area contributed by atoms with Crippen molar-refractivity contribution in [1.29, 1.82) is 0 Å². The zero-order valence-corrected chi connectivity index (χ0v) is 19.1. The average molecular weight is 425 g/mol. The third kappa shape index (κ3) is 6.59. The van der Waals surface area contributed by atoms with Crippen molar-refractivity contribution in [2.75, 3.05) is 26.7 Å². The molecule has 7 heteroatoms. The van der Waals surface area contributed by atoms with Crippen LogP contribution in [0.15, 0.2) is 47.6 Å². The van der Waals surface area contributed by atoms with Crippen LogP contribution in [0.2, 0.25) is 0 Å². The van der Waals surface area contributed by atoms with Crippen LogP contribution >= 0.6 is 0 Å². The van der Waals surface area contributed by atoms with E-state index in [0.29, 0.717) is 6.54 Å². The summed E-state index contributed by atoms with van der Waals surface area (Å²) in [6, 6.07) is 12.8. The Balaban J connectivity index is 1.63. The molecule has 0 saturated carbocycles. The van der Waals surface area contributed by atoms with Gasteiger partial charge >= 0.3 is 0 Å². The number of benzene rings is 1. The first-order chi connectivity index (χ1) is 15.0. The molecule has 1 aliphatic heterocycles. The summed E-state index contributed by atoms with van der Waals surface area (Å²) in [5, 5.41) is 3.39. The predicted molar refractivity (Wildman–Crippen MR) is 125 cm³/mol. The number of hydrogen-bond acceptors (Lipinski definition) is 3. The number of likely N-dealkylation sites (tertiary alicyclic amines) is 1. The zero-order chi connectivity index (χ0) is 22.2. The second-order valence-corrected chi connectivity index (χ2v) is 8.43. The van der Waals surface area contributed by atoms with Crippen LogP contribution in [0, 0.1) is 5.92 Å². The molecule has 0 spiro atoms. The van der Waals surface area contributed by atoms with E-state index in [9.17, 15) is 4.79 Å². The fraction of sp³-hybridized carbons (Fsp3) is 0.500. The van der Waals surface area contributed by atoms with Crippen molar-refractivity contribution < 1.29 is 4.79 Å². The van der Waals surface area contributed by atoms with Crippen LogP contribution < -0.4 is 11.1 Å². The van der Waals surface area contributed by atoms with Gasteiger partial charge in [0.25, 0.3) is 0 Å². The molecule has 1 atom stereocenters. The number of carbonyl (C=O) groups excluding carboxylic acids is 1. The van der Waals surface area contributed by atoms with Gasteiger partial charge in [-0.1, -0.05) is 24.3 Å². The molecule has 1 amide bonds. The molecule has 0 bridgehead atoms. The second kappa shape index (κ2) is 11.0. The molecular formula is C24H36N6O. The van der Waals surface area contributed by atoms with Gasteiger partial charge in [0.1, 0.15) is 0 Å². The number of hydrogen-bond donors (Lipinski definition) is 2. The first-order valence-electron chi connectivity index (χ1n) is 11.2. The van der Waals surface area contributed by atoms with E-state index >= 15 is 0 Å². The van der Waals surface area contributed by atoms with E-state index in [1.165, 1.54) is 16.8 Å². The zero-order valence-electron chi connectivity index (χ0n) is 19.1. The summed E-state index contributed by atoms with van der Waals surface area (Å²) in [4.78, 5) is 20.9. The molecule has 3 N–H and O–H groups in total. The third-order valence-electron chi connectivity index (χ3n) is 5.86. The van der Waals surface area contributed by atoms with E-state index < -0.39 is 0 Å². The summed E-state index contributed by atoms with van der Waals surface area (Å²) < 4.78 is 2.13. The van der Waals surface area contributed by atoms with Crippen LogP contribution in [0.3, 0.4) is 0 Å². The number of amides is 1. The normalized spacial score (nSPS) is 17.5. The van der Waals surface area contributed by atoms with Crippen LogP contribution in [-0.4, -0.2) is 52.9 Å². The number of aromatic nitrogens is 1. The van der Waals surface area contributed by atoms with Crippen molar-refractivity contribution in [2.24, 2.45) is 23.7 Å². The maximum absolute atomic E-state index is 11.6. The van der Waals surface area contributed by atoms with E-state index in [1.807, 2.05) is 0 Å². The number of guanidine groups is 1. The Hall–Kier alpha value is -2.80. The molecule has 1 unspecified atom stereocenters. The Morgan fingerprint density at radius 2 is 2.10 bits per heavy atom. The highest BCUT2D eigenvalue weighted by Crippen LogP contribution is 2.19. The lowest BCUT2D eigenvalue weighted by Crippen LogP contribution is -2.40. The quantitative estimate of drug-likeness (QED) is 0.504. The van der Waals surface area contributed by atoms with Gasteiger partial charge in [0, 0.05) is 45.6 Å². The molecular weight excluding hydrogens is 388 g/mol. The largest absolute Gasteiger partial charge is 0.369 e. The summed E-state index contributed by atoms with van der Waals surface area (Å²) in [6.07, 6.45) is 3.99. The van der Waals surface area contributed by atoms with Crippen molar-refractivity contribution >= 4 is 11.9 Å². The predicted octanol–water partition coefficient (Wildman–Crippen LogP) is 2.32. The Labute approximate surface area is 185 Å². The molecule has 1 aliphatic rings. The first kappa shape index (κ1) is 22.9. The number of nitrogens with one attached hydrogen (secondary N) is 1. The Kier molecular flexibility index (Phi) is 8.12. The van der Waals surface area contributed by atoms with Gasteiger partial charge in [-0.25, -0.2) is 4.99 Å². The topological polar surface area (TPSA) is 78.9 Å². The van der Waals surface area contributed by atoms with E-state index in [0.717, 1.165) is 51.5 Å². The fourth-order valence-electron chi connectivity index (χ4n) is 4.13. The summed E-state index contributed by atoms with van der Waals surface area (Å²) >= 11 is 0. The molecule has 3 rings (SSSR count). The lowest BCUT2D eigenvalue weighted by molar-refractivity contribution is -0.123. The van der Waals surface area contributed by atoms with Crippen LogP contribution in [0.4, 0.5) is 0 Å². The number of piperidine rings is 1. The van der Waals surface area contributed by atoms with E-state index in [4.69, 9.17) is 10.7 Å². The molecule has 2 heterocycles. The summed E-state index contributed by atoms with van der Waals surface area (Å²) in [7, 11) is 4.13. The molecule has 31 heavy (non-hydrogen) atoms. The van der Waals surface area contributed by atoms with Crippen LogP contribution in [0.5, 0.6) is 0 Å². The van der Waals surface area contributed by atoms with Gasteiger partial charge in [-0.15, -0.1) is 0 Å². The smallest absolute Gasteiger partial charge is 0.221 e. The summed E-state index contributed by atoms with van der Waals surface area (Å²) in [6.45, 7) is 6.95. The summed E-state index contributed by atoms with van der Waals surface area (Å²) in [5.41, 5.74) is 9.20. The van der Waals surface area contributed by atoms with Gasteiger partial charge < -0.3 is 20.5 Å². The number of nitrogens with two attached hydrogens (primary N) is 1. The lowest BCUT2D eigenvalue weighted by atomic mass is 9.97. The maximum Gasteiger partial charge on any atom is 0.221 e. The standard InChI is InChI=1S/C24H36N6O/c1-4-26-24(29(3)18-22-11-7-12-28(22)2)27-15-19-8-5-9-20(14-19)16-30-13-6-10-21(17-30)23(25)31/h5,7-9,11-12,14,21H,4,6,10,13,15-18H2,1-3H3,(H2,25,31)(H,26,27). The van der Waals surface area contributed by atoms with Gasteiger partial charge in [0.2, 0.25) is 5.91 Å². The first-order valence-corrected chi connectivity index (χ1v) is 11.2. The molecule has 0 radical (unpaired) electrons.